The summed E-state index contributed by atoms with van der Waals surface area (Å²) < 4.78 is 0. The third-order valence-corrected chi connectivity index (χ3v) is 3.10. The maximum Gasteiger partial charge on any atom is 0.189 e. The average molecular weight is 248 g/mol. The first kappa shape index (κ1) is 12.0. The van der Waals surface area contributed by atoms with E-state index in [9.17, 15) is 0 Å². The zero-order chi connectivity index (χ0) is 12.1. The van der Waals surface area contributed by atoms with E-state index < -0.39 is 0 Å². The molecule has 4 nitrogen and oxygen atoms in total. The summed E-state index contributed by atoms with van der Waals surface area (Å²) in [7, 11) is 0. The fourth-order valence-electron chi connectivity index (χ4n) is 1.76. The minimum absolute atomic E-state index is 0.706. The van der Waals surface area contributed by atoms with E-state index in [1.54, 1.807) is 6.20 Å². The topological polar surface area (TPSA) is 40.5 Å². The number of hydrogen-bond donors (Lipinski definition) is 1. The Morgan fingerprint density at radius 2 is 2.18 bits per heavy atom. The van der Waals surface area contributed by atoms with Crippen molar-refractivity contribution in [2.45, 2.75) is 19.8 Å². The summed E-state index contributed by atoms with van der Waals surface area (Å²) in [6.07, 6.45) is 4.18. The molecule has 1 fully saturated rings. The van der Waals surface area contributed by atoms with Crippen LogP contribution in [0.3, 0.4) is 0 Å². The van der Waals surface area contributed by atoms with Gasteiger partial charge in [-0.25, -0.2) is 0 Å². The highest BCUT2D eigenvalue weighted by atomic mass is 32.1. The number of aromatic nitrogens is 1. The standard InChI is InChI=1S/C12H16N4S/c1-10(11-6-2-3-7-13-11)14-15-12(17)16-8-4-5-9-16/h2-3,6-7H,4-5,8-9H2,1H3,(H,15,17)/b14-10+. The Morgan fingerprint density at radius 3 is 2.82 bits per heavy atom. The lowest BCUT2D eigenvalue weighted by atomic mass is 10.3. The van der Waals surface area contributed by atoms with Crippen LogP contribution in [0.2, 0.25) is 0 Å². The molecule has 17 heavy (non-hydrogen) atoms. The largest absolute Gasteiger partial charge is 0.348 e. The Balaban J connectivity index is 1.94. The number of nitrogens with one attached hydrogen (secondary N) is 1. The molecule has 5 heteroatoms. The summed E-state index contributed by atoms with van der Waals surface area (Å²) in [4.78, 5) is 6.37. The van der Waals surface area contributed by atoms with Gasteiger partial charge >= 0.3 is 0 Å². The van der Waals surface area contributed by atoms with Crippen molar-refractivity contribution >= 4 is 23.0 Å². The predicted molar refractivity (Wildman–Crippen MR) is 73.0 cm³/mol. The fourth-order valence-corrected chi connectivity index (χ4v) is 1.98. The second kappa shape index (κ2) is 5.72. The van der Waals surface area contributed by atoms with Gasteiger partial charge in [-0.15, -0.1) is 0 Å². The van der Waals surface area contributed by atoms with Crippen molar-refractivity contribution in [3.8, 4) is 0 Å². The maximum absolute atomic E-state index is 5.27. The SMILES string of the molecule is C/C(=N\NC(=S)N1CCCC1)c1ccccn1. The number of thiocarbonyl (C=S) groups is 1. The van der Waals surface area contributed by atoms with Crippen LogP contribution >= 0.6 is 12.2 Å². The Kier molecular flexibility index (Phi) is 4.03. The molecule has 1 saturated heterocycles. The Bertz CT molecular complexity index is 410. The first-order valence-electron chi connectivity index (χ1n) is 5.78. The summed E-state index contributed by atoms with van der Waals surface area (Å²) in [5.41, 5.74) is 4.63. The molecule has 0 bridgehead atoms. The van der Waals surface area contributed by atoms with Gasteiger partial charge in [0.25, 0.3) is 0 Å². The van der Waals surface area contributed by atoms with E-state index in [1.807, 2.05) is 25.1 Å². The average Bonchev–Trinajstić information content (AvgIpc) is 2.90. The van der Waals surface area contributed by atoms with E-state index in [4.69, 9.17) is 12.2 Å². The molecule has 0 atom stereocenters. The molecule has 0 amide bonds. The van der Waals surface area contributed by atoms with E-state index in [-0.39, 0.29) is 0 Å². The van der Waals surface area contributed by atoms with E-state index in [0.29, 0.717) is 5.11 Å². The van der Waals surface area contributed by atoms with Crippen LogP contribution in [0, 0.1) is 0 Å². The smallest absolute Gasteiger partial charge is 0.189 e. The summed E-state index contributed by atoms with van der Waals surface area (Å²) >= 11 is 5.27. The van der Waals surface area contributed by atoms with Crippen molar-refractivity contribution in [3.05, 3.63) is 30.1 Å². The van der Waals surface area contributed by atoms with E-state index >= 15 is 0 Å². The van der Waals surface area contributed by atoms with Crippen LogP contribution in [-0.4, -0.2) is 33.8 Å². The van der Waals surface area contributed by atoms with Crippen molar-refractivity contribution in [3.63, 3.8) is 0 Å². The normalized spacial score (nSPS) is 16.1. The molecule has 0 radical (unpaired) electrons. The molecule has 90 valence electrons. The summed E-state index contributed by atoms with van der Waals surface area (Å²) in [6, 6.07) is 5.76. The second-order valence-corrected chi connectivity index (χ2v) is 4.41. The quantitative estimate of drug-likeness (QED) is 0.492. The molecule has 1 aliphatic heterocycles. The van der Waals surface area contributed by atoms with Crippen LogP contribution in [0.15, 0.2) is 29.5 Å². The zero-order valence-corrected chi connectivity index (χ0v) is 10.7. The summed E-state index contributed by atoms with van der Waals surface area (Å²) in [5, 5.41) is 4.97. The third-order valence-electron chi connectivity index (χ3n) is 2.75. The molecule has 0 saturated carbocycles. The van der Waals surface area contributed by atoms with Gasteiger partial charge in [-0.2, -0.15) is 5.10 Å². The Labute approximate surface area is 107 Å². The van der Waals surface area contributed by atoms with Crippen molar-refractivity contribution in [2.75, 3.05) is 13.1 Å². The van der Waals surface area contributed by atoms with Crippen LogP contribution in [0.4, 0.5) is 0 Å². The fraction of sp³-hybridized carbons (Fsp3) is 0.417. The number of pyridine rings is 1. The first-order valence-corrected chi connectivity index (χ1v) is 6.19. The van der Waals surface area contributed by atoms with Gasteiger partial charge in [-0.3, -0.25) is 10.4 Å². The van der Waals surface area contributed by atoms with Crippen molar-refractivity contribution in [1.29, 1.82) is 0 Å². The van der Waals surface area contributed by atoms with Crippen LogP contribution in [0.25, 0.3) is 0 Å². The van der Waals surface area contributed by atoms with Crippen LogP contribution in [0.1, 0.15) is 25.5 Å². The van der Waals surface area contributed by atoms with Gasteiger partial charge in [-0.05, 0) is 44.1 Å². The van der Waals surface area contributed by atoms with Crippen LogP contribution in [-0.2, 0) is 0 Å². The minimum Gasteiger partial charge on any atom is -0.348 e. The molecule has 1 aromatic heterocycles. The first-order chi connectivity index (χ1) is 8.27. The highest BCUT2D eigenvalue weighted by molar-refractivity contribution is 7.80. The molecular formula is C12H16N4S. The second-order valence-electron chi connectivity index (χ2n) is 4.02. The van der Waals surface area contributed by atoms with E-state index in [2.05, 4.69) is 20.4 Å². The van der Waals surface area contributed by atoms with E-state index in [1.165, 1.54) is 12.8 Å². The van der Waals surface area contributed by atoms with Gasteiger partial charge in [0.05, 0.1) is 11.4 Å². The third kappa shape index (κ3) is 3.23. The predicted octanol–water partition coefficient (Wildman–Crippen LogP) is 1.78. The number of hydrazone groups is 1. The number of likely N-dealkylation sites (tertiary alicyclic amines) is 1. The highest BCUT2D eigenvalue weighted by Crippen LogP contribution is 2.07. The maximum atomic E-state index is 5.27. The molecule has 1 N–H and O–H groups in total. The number of nitrogens with zero attached hydrogens (tertiary/aromatic N) is 3. The van der Waals surface area contributed by atoms with Gasteiger partial charge in [-0.1, -0.05) is 6.07 Å². The van der Waals surface area contributed by atoms with Gasteiger partial charge < -0.3 is 4.90 Å². The molecule has 0 aromatic carbocycles. The van der Waals surface area contributed by atoms with Crippen molar-refractivity contribution in [1.82, 2.24) is 15.3 Å². The van der Waals surface area contributed by atoms with Gasteiger partial charge in [0.15, 0.2) is 5.11 Å². The van der Waals surface area contributed by atoms with Crippen LogP contribution < -0.4 is 5.43 Å². The molecule has 2 heterocycles. The minimum atomic E-state index is 0.706. The lowest BCUT2D eigenvalue weighted by Crippen LogP contribution is -2.35. The molecule has 0 spiro atoms. The summed E-state index contributed by atoms with van der Waals surface area (Å²) in [6.45, 7) is 3.98. The van der Waals surface area contributed by atoms with Gasteiger partial charge in [0.1, 0.15) is 0 Å². The monoisotopic (exact) mass is 248 g/mol. The van der Waals surface area contributed by atoms with E-state index in [0.717, 1.165) is 24.5 Å². The van der Waals surface area contributed by atoms with Crippen LogP contribution in [0.5, 0.6) is 0 Å². The van der Waals surface area contributed by atoms with Gasteiger partial charge in [0, 0.05) is 19.3 Å². The molecule has 0 aliphatic carbocycles. The number of hydrogen-bond acceptors (Lipinski definition) is 3. The molecule has 0 unspecified atom stereocenters. The lowest BCUT2D eigenvalue weighted by Gasteiger charge is -2.17. The van der Waals surface area contributed by atoms with Crippen molar-refractivity contribution < 1.29 is 0 Å². The molecular weight excluding hydrogens is 232 g/mol. The molecule has 1 aliphatic rings. The summed E-state index contributed by atoms with van der Waals surface area (Å²) in [5.74, 6) is 0. The number of rotatable bonds is 2. The lowest BCUT2D eigenvalue weighted by molar-refractivity contribution is 0.509. The highest BCUT2D eigenvalue weighted by Gasteiger charge is 2.13. The Morgan fingerprint density at radius 1 is 1.41 bits per heavy atom. The molecule has 2 rings (SSSR count). The zero-order valence-electron chi connectivity index (χ0n) is 9.89. The van der Waals surface area contributed by atoms with Gasteiger partial charge in [0.2, 0.25) is 0 Å². The Hall–Kier alpha value is -1.49. The molecule has 1 aromatic rings. The van der Waals surface area contributed by atoms with Crippen molar-refractivity contribution in [2.24, 2.45) is 5.10 Å².